The summed E-state index contributed by atoms with van der Waals surface area (Å²) in [4.78, 5) is 12.2. The van der Waals surface area contributed by atoms with Gasteiger partial charge in [-0.05, 0) is 61.6 Å². The van der Waals surface area contributed by atoms with Crippen LogP contribution in [-0.4, -0.2) is 5.91 Å². The third-order valence-electron chi connectivity index (χ3n) is 4.87. The average Bonchev–Trinajstić information content (AvgIpc) is 2.96. The Morgan fingerprint density at radius 3 is 2.89 bits per heavy atom. The van der Waals surface area contributed by atoms with Crippen molar-refractivity contribution >= 4 is 17.3 Å². The van der Waals surface area contributed by atoms with Gasteiger partial charge in [-0.15, -0.1) is 0 Å². The van der Waals surface area contributed by atoms with E-state index in [1.54, 1.807) is 0 Å². The van der Waals surface area contributed by atoms with Gasteiger partial charge in [-0.25, -0.2) is 0 Å². The number of nitrogen functional groups attached to an aromatic ring is 1. The molecule has 0 heterocycles. The minimum atomic E-state index is 0.145. The summed E-state index contributed by atoms with van der Waals surface area (Å²) in [7, 11) is 0. The van der Waals surface area contributed by atoms with E-state index in [0.29, 0.717) is 18.0 Å². The van der Waals surface area contributed by atoms with E-state index in [2.05, 4.69) is 5.32 Å². The summed E-state index contributed by atoms with van der Waals surface area (Å²) >= 11 is 0. The Bertz CT molecular complexity index is 498. The van der Waals surface area contributed by atoms with Gasteiger partial charge in [0.15, 0.2) is 0 Å². The minimum Gasteiger partial charge on any atom is -0.399 e. The Kier molecular flexibility index (Phi) is 3.21. The van der Waals surface area contributed by atoms with Gasteiger partial charge in [0.05, 0.1) is 0 Å². The monoisotopic (exact) mass is 258 g/mol. The molecule has 2 aliphatic rings. The molecule has 3 atom stereocenters. The zero-order valence-electron chi connectivity index (χ0n) is 11.5. The zero-order chi connectivity index (χ0) is 13.4. The normalized spacial score (nSPS) is 28.6. The lowest BCUT2D eigenvalue weighted by molar-refractivity contribution is -0.117. The Morgan fingerprint density at radius 2 is 2.21 bits per heavy atom. The van der Waals surface area contributed by atoms with Crippen molar-refractivity contribution < 1.29 is 4.79 Å². The van der Waals surface area contributed by atoms with E-state index >= 15 is 0 Å². The standard InChI is InChI=1S/C16H22N2O/c1-10-2-5-14(17)9-15(10)18-16(19)8-13-7-11-3-4-12(13)6-11/h2,5,9,11-13H,3-4,6-8,17H2,1H3,(H,18,19). The van der Waals surface area contributed by atoms with E-state index in [0.717, 1.165) is 23.1 Å². The van der Waals surface area contributed by atoms with Gasteiger partial charge in [-0.3, -0.25) is 4.79 Å². The quantitative estimate of drug-likeness (QED) is 0.817. The van der Waals surface area contributed by atoms with Crippen molar-refractivity contribution in [2.75, 3.05) is 11.1 Å². The van der Waals surface area contributed by atoms with Crippen molar-refractivity contribution in [3.63, 3.8) is 0 Å². The van der Waals surface area contributed by atoms with Crippen molar-refractivity contribution in [1.82, 2.24) is 0 Å². The summed E-state index contributed by atoms with van der Waals surface area (Å²) in [5.74, 6) is 2.46. The molecule has 0 radical (unpaired) electrons. The number of hydrogen-bond acceptors (Lipinski definition) is 2. The summed E-state index contributed by atoms with van der Waals surface area (Å²) in [5, 5.41) is 3.02. The van der Waals surface area contributed by atoms with Gasteiger partial charge in [0, 0.05) is 17.8 Å². The molecule has 2 bridgehead atoms. The number of anilines is 2. The summed E-state index contributed by atoms with van der Waals surface area (Å²) in [5.41, 5.74) is 8.38. The molecule has 1 aromatic carbocycles. The zero-order valence-corrected chi connectivity index (χ0v) is 11.5. The van der Waals surface area contributed by atoms with Crippen molar-refractivity contribution in [3.8, 4) is 0 Å². The Hall–Kier alpha value is -1.51. The summed E-state index contributed by atoms with van der Waals surface area (Å²) in [6.07, 6.45) is 6.01. The molecule has 102 valence electrons. The fourth-order valence-corrected chi connectivity index (χ4v) is 3.84. The number of benzene rings is 1. The van der Waals surface area contributed by atoms with Crippen LogP contribution in [0.1, 0.15) is 37.7 Å². The van der Waals surface area contributed by atoms with Crippen molar-refractivity contribution in [2.45, 2.75) is 39.0 Å². The minimum absolute atomic E-state index is 0.145. The SMILES string of the molecule is Cc1ccc(N)cc1NC(=O)CC1CC2CCC1C2. The lowest BCUT2D eigenvalue weighted by Crippen LogP contribution is -2.20. The van der Waals surface area contributed by atoms with E-state index in [9.17, 15) is 4.79 Å². The van der Waals surface area contributed by atoms with Crippen LogP contribution < -0.4 is 11.1 Å². The van der Waals surface area contributed by atoms with Crippen LogP contribution in [0.5, 0.6) is 0 Å². The van der Waals surface area contributed by atoms with Gasteiger partial charge in [0.25, 0.3) is 0 Å². The number of carbonyl (C=O) groups excluding carboxylic acids is 1. The molecule has 0 aromatic heterocycles. The molecule has 3 rings (SSSR count). The van der Waals surface area contributed by atoms with E-state index in [1.807, 2.05) is 25.1 Å². The predicted octanol–water partition coefficient (Wildman–Crippen LogP) is 3.34. The molecule has 3 unspecified atom stereocenters. The van der Waals surface area contributed by atoms with Crippen molar-refractivity contribution in [1.29, 1.82) is 0 Å². The molecule has 0 aliphatic heterocycles. The summed E-state index contributed by atoms with van der Waals surface area (Å²) < 4.78 is 0. The maximum atomic E-state index is 12.2. The fraction of sp³-hybridized carbons (Fsp3) is 0.562. The number of aryl methyl sites for hydroxylation is 1. The number of hydrogen-bond donors (Lipinski definition) is 2. The molecule has 2 saturated carbocycles. The fourth-order valence-electron chi connectivity index (χ4n) is 3.84. The molecular formula is C16H22N2O. The van der Waals surface area contributed by atoms with Crippen molar-refractivity contribution in [3.05, 3.63) is 23.8 Å². The second-order valence-corrected chi connectivity index (χ2v) is 6.26. The average molecular weight is 258 g/mol. The van der Waals surface area contributed by atoms with Crippen LogP contribution in [0.2, 0.25) is 0 Å². The highest BCUT2D eigenvalue weighted by molar-refractivity contribution is 5.92. The van der Waals surface area contributed by atoms with Crippen LogP contribution in [0.4, 0.5) is 11.4 Å². The largest absolute Gasteiger partial charge is 0.399 e. The number of carbonyl (C=O) groups is 1. The molecule has 2 aliphatic carbocycles. The number of nitrogens with two attached hydrogens (primary N) is 1. The summed E-state index contributed by atoms with van der Waals surface area (Å²) in [6, 6.07) is 5.65. The lowest BCUT2D eigenvalue weighted by Gasteiger charge is -2.21. The van der Waals surface area contributed by atoms with Gasteiger partial charge < -0.3 is 11.1 Å². The molecule has 3 heteroatoms. The van der Waals surface area contributed by atoms with E-state index < -0.39 is 0 Å². The third-order valence-corrected chi connectivity index (χ3v) is 4.87. The van der Waals surface area contributed by atoms with Crippen molar-refractivity contribution in [2.24, 2.45) is 17.8 Å². The number of fused-ring (bicyclic) bond motifs is 2. The smallest absolute Gasteiger partial charge is 0.224 e. The molecule has 3 nitrogen and oxygen atoms in total. The van der Waals surface area contributed by atoms with Gasteiger partial charge in [-0.1, -0.05) is 12.5 Å². The molecule has 0 spiro atoms. The first-order valence-electron chi connectivity index (χ1n) is 7.28. The topological polar surface area (TPSA) is 55.1 Å². The highest BCUT2D eigenvalue weighted by Gasteiger charge is 2.40. The van der Waals surface area contributed by atoms with Gasteiger partial charge in [-0.2, -0.15) is 0 Å². The maximum Gasteiger partial charge on any atom is 0.224 e. The Balaban J connectivity index is 1.61. The van der Waals surface area contributed by atoms with E-state index in [4.69, 9.17) is 5.73 Å². The van der Waals surface area contributed by atoms with E-state index in [-0.39, 0.29) is 5.91 Å². The molecule has 2 fully saturated rings. The van der Waals surface area contributed by atoms with Crippen LogP contribution in [0.15, 0.2) is 18.2 Å². The first-order valence-corrected chi connectivity index (χ1v) is 7.28. The summed E-state index contributed by atoms with van der Waals surface area (Å²) in [6.45, 7) is 1.99. The highest BCUT2D eigenvalue weighted by Crippen LogP contribution is 2.49. The van der Waals surface area contributed by atoms with Gasteiger partial charge >= 0.3 is 0 Å². The van der Waals surface area contributed by atoms with Crippen LogP contribution in [0.25, 0.3) is 0 Å². The molecule has 1 amide bonds. The van der Waals surface area contributed by atoms with Crippen LogP contribution >= 0.6 is 0 Å². The molecule has 19 heavy (non-hydrogen) atoms. The molecule has 3 N–H and O–H groups in total. The second kappa shape index (κ2) is 4.87. The Labute approximate surface area is 114 Å². The third kappa shape index (κ3) is 2.60. The maximum absolute atomic E-state index is 12.2. The lowest BCUT2D eigenvalue weighted by atomic mass is 9.86. The molecular weight excluding hydrogens is 236 g/mol. The predicted molar refractivity (Wildman–Crippen MR) is 77.8 cm³/mol. The van der Waals surface area contributed by atoms with Gasteiger partial charge in [0.1, 0.15) is 0 Å². The second-order valence-electron chi connectivity index (χ2n) is 6.26. The highest BCUT2D eigenvalue weighted by atomic mass is 16.1. The van der Waals surface area contributed by atoms with Crippen LogP contribution in [-0.2, 0) is 4.79 Å². The number of rotatable bonds is 3. The van der Waals surface area contributed by atoms with Crippen LogP contribution in [0.3, 0.4) is 0 Å². The van der Waals surface area contributed by atoms with Crippen LogP contribution in [0, 0.1) is 24.7 Å². The molecule has 1 aromatic rings. The first kappa shape index (κ1) is 12.5. The molecule has 0 saturated heterocycles. The van der Waals surface area contributed by atoms with Gasteiger partial charge in [0.2, 0.25) is 5.91 Å². The number of amides is 1. The van der Waals surface area contributed by atoms with E-state index in [1.165, 1.54) is 25.7 Å². The number of nitrogens with one attached hydrogen (secondary N) is 1. The Morgan fingerprint density at radius 1 is 1.37 bits per heavy atom. The first-order chi connectivity index (χ1) is 9.11.